The predicted octanol–water partition coefficient (Wildman–Crippen LogP) is 4.42. The highest BCUT2D eigenvalue weighted by atomic mass is 19.4. The van der Waals surface area contributed by atoms with E-state index in [9.17, 15) is 18.0 Å². The Kier molecular flexibility index (Phi) is 5.38. The zero-order chi connectivity index (χ0) is 17.6. The molecule has 2 aromatic carbocycles. The van der Waals surface area contributed by atoms with E-state index in [4.69, 9.17) is 5.26 Å². The molecule has 0 radical (unpaired) electrons. The monoisotopic (exact) mass is 330 g/mol. The maximum absolute atomic E-state index is 12.5. The molecule has 0 aliphatic heterocycles. The molecule has 0 aliphatic rings. The number of nitriles is 1. The third-order valence-corrected chi connectivity index (χ3v) is 3.17. The van der Waals surface area contributed by atoms with Crippen LogP contribution in [0, 0.1) is 11.3 Å². The van der Waals surface area contributed by atoms with Gasteiger partial charge in [-0.1, -0.05) is 24.3 Å². The van der Waals surface area contributed by atoms with Crippen LogP contribution in [0.1, 0.15) is 16.7 Å². The Morgan fingerprint density at radius 2 is 1.71 bits per heavy atom. The summed E-state index contributed by atoms with van der Waals surface area (Å²) >= 11 is 0. The van der Waals surface area contributed by atoms with Gasteiger partial charge >= 0.3 is 6.18 Å². The summed E-state index contributed by atoms with van der Waals surface area (Å²) in [7, 11) is 0. The standard InChI is InChI=1S/C18H13F3N2O/c19-18(20,21)15-6-1-13(2-7-15)5-10-17(24)23-16-8-3-14(4-9-16)11-12-22/h1-10H,11H2,(H,23,24)/b10-5+. The quantitative estimate of drug-likeness (QED) is 0.844. The van der Waals surface area contributed by atoms with Crippen LogP contribution < -0.4 is 5.32 Å². The fourth-order valence-electron chi connectivity index (χ4n) is 1.94. The van der Waals surface area contributed by atoms with Gasteiger partial charge in [-0.05, 0) is 41.5 Å². The van der Waals surface area contributed by atoms with Gasteiger partial charge in [-0.15, -0.1) is 0 Å². The maximum atomic E-state index is 12.5. The summed E-state index contributed by atoms with van der Waals surface area (Å²) in [6.45, 7) is 0. The minimum absolute atomic E-state index is 0.294. The molecule has 0 saturated heterocycles. The topological polar surface area (TPSA) is 52.9 Å². The van der Waals surface area contributed by atoms with Gasteiger partial charge in [0.15, 0.2) is 0 Å². The van der Waals surface area contributed by atoms with Crippen LogP contribution in [0.15, 0.2) is 54.6 Å². The molecule has 6 heteroatoms. The van der Waals surface area contributed by atoms with E-state index in [2.05, 4.69) is 5.32 Å². The Labute approximate surface area is 137 Å². The van der Waals surface area contributed by atoms with Crippen molar-refractivity contribution in [3.8, 4) is 6.07 Å². The Morgan fingerprint density at radius 3 is 2.25 bits per heavy atom. The van der Waals surface area contributed by atoms with Crippen LogP contribution in [-0.4, -0.2) is 5.91 Å². The lowest BCUT2D eigenvalue weighted by molar-refractivity contribution is -0.137. The van der Waals surface area contributed by atoms with Crippen LogP contribution in [-0.2, 0) is 17.4 Å². The molecule has 1 N–H and O–H groups in total. The first-order valence-electron chi connectivity index (χ1n) is 7.01. The Bertz CT molecular complexity index is 770. The van der Waals surface area contributed by atoms with Crippen molar-refractivity contribution >= 4 is 17.7 Å². The van der Waals surface area contributed by atoms with Gasteiger partial charge in [0.2, 0.25) is 5.91 Å². The average molecular weight is 330 g/mol. The van der Waals surface area contributed by atoms with E-state index in [0.29, 0.717) is 17.7 Å². The molecule has 0 fully saturated rings. The molecule has 122 valence electrons. The number of anilines is 1. The smallest absolute Gasteiger partial charge is 0.323 e. The summed E-state index contributed by atoms with van der Waals surface area (Å²) in [6.07, 6.45) is -1.41. The molecule has 0 aliphatic carbocycles. The van der Waals surface area contributed by atoms with Gasteiger partial charge in [0.25, 0.3) is 0 Å². The number of hydrogen-bond acceptors (Lipinski definition) is 2. The van der Waals surface area contributed by atoms with Crippen molar-refractivity contribution in [3.05, 3.63) is 71.3 Å². The van der Waals surface area contributed by atoms with Crippen molar-refractivity contribution in [3.63, 3.8) is 0 Å². The summed E-state index contributed by atoms with van der Waals surface area (Å²) in [5.41, 5.74) is 1.17. The zero-order valence-corrected chi connectivity index (χ0v) is 12.5. The van der Waals surface area contributed by atoms with Gasteiger partial charge in [-0.3, -0.25) is 4.79 Å². The van der Waals surface area contributed by atoms with Gasteiger partial charge in [0, 0.05) is 11.8 Å². The first-order chi connectivity index (χ1) is 11.4. The van der Waals surface area contributed by atoms with E-state index in [-0.39, 0.29) is 0 Å². The molecule has 0 aromatic heterocycles. The van der Waals surface area contributed by atoms with Gasteiger partial charge < -0.3 is 5.32 Å². The molecule has 24 heavy (non-hydrogen) atoms. The van der Waals surface area contributed by atoms with Crippen LogP contribution >= 0.6 is 0 Å². The van der Waals surface area contributed by atoms with Gasteiger partial charge in [-0.2, -0.15) is 18.4 Å². The summed E-state index contributed by atoms with van der Waals surface area (Å²) in [4.78, 5) is 11.8. The van der Waals surface area contributed by atoms with E-state index in [0.717, 1.165) is 17.7 Å². The second-order valence-corrected chi connectivity index (χ2v) is 4.97. The predicted molar refractivity (Wildman–Crippen MR) is 84.9 cm³/mol. The fourth-order valence-corrected chi connectivity index (χ4v) is 1.94. The normalized spacial score (nSPS) is 11.2. The van der Waals surface area contributed by atoms with Crippen molar-refractivity contribution in [2.45, 2.75) is 12.6 Å². The molecular formula is C18H13F3N2O. The Hall–Kier alpha value is -3.07. The molecule has 0 heterocycles. The van der Waals surface area contributed by atoms with Crippen molar-refractivity contribution in [2.75, 3.05) is 5.32 Å². The summed E-state index contributed by atoms with van der Waals surface area (Å²) in [5, 5.41) is 11.2. The third kappa shape index (κ3) is 4.99. The molecule has 2 aromatic rings. The number of amides is 1. The number of nitrogens with zero attached hydrogens (tertiary/aromatic N) is 1. The lowest BCUT2D eigenvalue weighted by atomic mass is 10.1. The van der Waals surface area contributed by atoms with E-state index in [1.54, 1.807) is 24.3 Å². The molecule has 1 amide bonds. The van der Waals surface area contributed by atoms with E-state index < -0.39 is 17.6 Å². The van der Waals surface area contributed by atoms with Crippen LogP contribution in [0.4, 0.5) is 18.9 Å². The van der Waals surface area contributed by atoms with E-state index in [1.165, 1.54) is 24.3 Å². The highest BCUT2D eigenvalue weighted by molar-refractivity contribution is 6.01. The van der Waals surface area contributed by atoms with Crippen LogP contribution in [0.2, 0.25) is 0 Å². The fraction of sp³-hybridized carbons (Fsp3) is 0.111. The minimum atomic E-state index is -4.38. The number of alkyl halides is 3. The van der Waals surface area contributed by atoms with Crippen molar-refractivity contribution in [2.24, 2.45) is 0 Å². The molecule has 0 unspecified atom stereocenters. The number of benzene rings is 2. The number of halogens is 3. The van der Waals surface area contributed by atoms with Crippen molar-refractivity contribution < 1.29 is 18.0 Å². The molecular weight excluding hydrogens is 317 g/mol. The van der Waals surface area contributed by atoms with Crippen LogP contribution in [0.3, 0.4) is 0 Å². The Morgan fingerprint density at radius 1 is 1.08 bits per heavy atom. The first kappa shape index (κ1) is 17.3. The number of carbonyl (C=O) groups excluding carboxylic acids is 1. The van der Waals surface area contributed by atoms with E-state index >= 15 is 0 Å². The number of hydrogen-bond donors (Lipinski definition) is 1. The first-order valence-corrected chi connectivity index (χ1v) is 7.01. The molecule has 0 saturated carbocycles. The largest absolute Gasteiger partial charge is 0.416 e. The van der Waals surface area contributed by atoms with Gasteiger partial charge in [-0.25, -0.2) is 0 Å². The lowest BCUT2D eigenvalue weighted by Gasteiger charge is -2.06. The van der Waals surface area contributed by atoms with Crippen LogP contribution in [0.25, 0.3) is 6.08 Å². The zero-order valence-electron chi connectivity index (χ0n) is 12.5. The van der Waals surface area contributed by atoms with Crippen molar-refractivity contribution in [1.29, 1.82) is 5.26 Å². The highest BCUT2D eigenvalue weighted by Gasteiger charge is 2.29. The lowest BCUT2D eigenvalue weighted by Crippen LogP contribution is -2.07. The second-order valence-electron chi connectivity index (χ2n) is 4.97. The molecule has 0 spiro atoms. The molecule has 3 nitrogen and oxygen atoms in total. The molecule has 0 bridgehead atoms. The summed E-state index contributed by atoms with van der Waals surface area (Å²) < 4.78 is 37.4. The van der Waals surface area contributed by atoms with Gasteiger partial charge in [0.1, 0.15) is 0 Å². The third-order valence-electron chi connectivity index (χ3n) is 3.17. The average Bonchev–Trinajstić information content (AvgIpc) is 2.55. The highest BCUT2D eigenvalue weighted by Crippen LogP contribution is 2.29. The van der Waals surface area contributed by atoms with Gasteiger partial charge in [0.05, 0.1) is 18.1 Å². The summed E-state index contributed by atoms with van der Waals surface area (Å²) in [5.74, 6) is -0.400. The van der Waals surface area contributed by atoms with Crippen molar-refractivity contribution in [1.82, 2.24) is 0 Å². The second kappa shape index (κ2) is 7.47. The number of carbonyl (C=O) groups is 1. The number of nitrogens with one attached hydrogen (secondary N) is 1. The Balaban J connectivity index is 1.96. The molecule has 2 rings (SSSR count). The summed E-state index contributed by atoms with van der Waals surface area (Å²) in [6, 6.07) is 13.4. The van der Waals surface area contributed by atoms with E-state index in [1.807, 2.05) is 6.07 Å². The number of rotatable bonds is 4. The van der Waals surface area contributed by atoms with Crippen LogP contribution in [0.5, 0.6) is 0 Å². The maximum Gasteiger partial charge on any atom is 0.416 e. The molecule has 0 atom stereocenters. The SMILES string of the molecule is N#CCc1ccc(NC(=O)/C=C/c2ccc(C(F)(F)F)cc2)cc1. The minimum Gasteiger partial charge on any atom is -0.323 e.